The fourth-order valence-corrected chi connectivity index (χ4v) is 3.30. The van der Waals surface area contributed by atoms with Gasteiger partial charge in [-0.2, -0.15) is 4.31 Å². The molecule has 8 heteroatoms. The average Bonchev–Trinajstić information content (AvgIpc) is 2.26. The van der Waals surface area contributed by atoms with E-state index in [0.29, 0.717) is 6.42 Å². The van der Waals surface area contributed by atoms with Gasteiger partial charge in [-0.05, 0) is 40.0 Å². The van der Waals surface area contributed by atoms with Crippen LogP contribution in [0.3, 0.4) is 0 Å². The Bertz CT molecular complexity index is 421. The van der Waals surface area contributed by atoms with E-state index in [1.54, 1.807) is 20.8 Å². The summed E-state index contributed by atoms with van der Waals surface area (Å²) in [4.78, 5) is 12.2. The van der Waals surface area contributed by atoms with E-state index in [9.17, 15) is 14.1 Å². The van der Waals surface area contributed by atoms with Crippen LogP contribution >= 0.6 is 0 Å². The molecular formula is C12H22BNO5S. The standard InChI is InChI=1S/C12H22BNO5S/c1-8(2)7-11(6)12(13,16)19-20(17)14(11)9(15)18-10(3,4)5/h8,16H,7H2,1-6H3. The van der Waals surface area contributed by atoms with E-state index in [0.717, 1.165) is 4.31 Å². The van der Waals surface area contributed by atoms with Gasteiger partial charge in [-0.1, -0.05) is 13.8 Å². The molecule has 1 rings (SSSR count). The highest BCUT2D eigenvalue weighted by atomic mass is 32.2. The highest BCUT2D eigenvalue weighted by Gasteiger charge is 2.61. The lowest BCUT2D eigenvalue weighted by Crippen LogP contribution is -2.59. The Balaban J connectivity index is 3.14. The van der Waals surface area contributed by atoms with Gasteiger partial charge in [-0.15, -0.1) is 0 Å². The van der Waals surface area contributed by atoms with Crippen molar-refractivity contribution in [1.29, 1.82) is 0 Å². The summed E-state index contributed by atoms with van der Waals surface area (Å²) in [5.74, 6) is 0.0960. The summed E-state index contributed by atoms with van der Waals surface area (Å²) in [7, 11) is 5.68. The van der Waals surface area contributed by atoms with Gasteiger partial charge in [-0.3, -0.25) is 0 Å². The van der Waals surface area contributed by atoms with E-state index >= 15 is 0 Å². The number of ether oxygens (including phenoxy) is 1. The molecule has 0 bridgehead atoms. The van der Waals surface area contributed by atoms with Gasteiger partial charge in [0.25, 0.3) is 11.3 Å². The summed E-state index contributed by atoms with van der Waals surface area (Å²) in [6.45, 7) is 10.4. The fraction of sp³-hybridized carbons (Fsp3) is 0.917. The van der Waals surface area contributed by atoms with Crippen molar-refractivity contribution < 1.29 is 23.0 Å². The summed E-state index contributed by atoms with van der Waals surface area (Å²) in [6.07, 6.45) is -0.523. The Morgan fingerprint density at radius 2 is 2.00 bits per heavy atom. The predicted molar refractivity (Wildman–Crippen MR) is 75.9 cm³/mol. The molecule has 0 saturated carbocycles. The zero-order valence-corrected chi connectivity index (χ0v) is 13.6. The number of carbonyl (C=O) groups is 1. The van der Waals surface area contributed by atoms with Crippen molar-refractivity contribution in [3.8, 4) is 0 Å². The van der Waals surface area contributed by atoms with E-state index in [1.165, 1.54) is 6.92 Å². The Morgan fingerprint density at radius 1 is 1.50 bits per heavy atom. The van der Waals surface area contributed by atoms with E-state index in [4.69, 9.17) is 16.8 Å². The van der Waals surface area contributed by atoms with Crippen LogP contribution in [0.25, 0.3) is 0 Å². The first-order chi connectivity index (χ1) is 8.80. The number of hydrogen-bond acceptors (Lipinski definition) is 5. The summed E-state index contributed by atoms with van der Waals surface area (Å²) < 4.78 is 22.9. The van der Waals surface area contributed by atoms with Crippen LogP contribution in [0.4, 0.5) is 4.79 Å². The molecular weight excluding hydrogens is 281 g/mol. The van der Waals surface area contributed by atoms with Gasteiger partial charge in [0.2, 0.25) is 0 Å². The quantitative estimate of drug-likeness (QED) is 0.781. The van der Waals surface area contributed by atoms with Gasteiger partial charge >= 0.3 is 6.09 Å². The number of hydrogen-bond donors (Lipinski definition) is 1. The summed E-state index contributed by atoms with van der Waals surface area (Å²) >= 11 is -2.20. The Morgan fingerprint density at radius 3 is 2.40 bits per heavy atom. The molecule has 6 nitrogen and oxygen atoms in total. The smallest absolute Gasteiger partial charge is 0.424 e. The van der Waals surface area contributed by atoms with Crippen LogP contribution in [0.2, 0.25) is 0 Å². The number of amides is 1. The van der Waals surface area contributed by atoms with Gasteiger partial charge in [0.15, 0.2) is 13.5 Å². The molecule has 1 aliphatic heterocycles. The summed E-state index contributed by atoms with van der Waals surface area (Å²) in [6, 6.07) is 0. The molecule has 1 heterocycles. The molecule has 2 radical (unpaired) electrons. The van der Waals surface area contributed by atoms with Crippen LogP contribution in [0.1, 0.15) is 48.0 Å². The average molecular weight is 303 g/mol. The Kier molecular flexibility index (Phi) is 4.63. The summed E-state index contributed by atoms with van der Waals surface area (Å²) in [5, 5.41) is 10.2. The topological polar surface area (TPSA) is 76.1 Å². The first-order valence-electron chi connectivity index (χ1n) is 6.46. The number of nitrogens with zero attached hydrogens (tertiary/aromatic N) is 1. The van der Waals surface area contributed by atoms with Gasteiger partial charge in [-0.25, -0.2) is 13.2 Å². The third kappa shape index (κ3) is 3.35. The van der Waals surface area contributed by atoms with Gasteiger partial charge in [0.05, 0.1) is 0 Å². The van der Waals surface area contributed by atoms with Gasteiger partial charge in [0.1, 0.15) is 11.1 Å². The van der Waals surface area contributed by atoms with Crippen LogP contribution in [-0.4, -0.2) is 44.4 Å². The molecule has 3 atom stereocenters. The van der Waals surface area contributed by atoms with Crippen molar-refractivity contribution in [2.24, 2.45) is 5.92 Å². The lowest BCUT2D eigenvalue weighted by atomic mass is 9.72. The van der Waals surface area contributed by atoms with Crippen LogP contribution in [0.15, 0.2) is 0 Å². The molecule has 0 aromatic carbocycles. The zero-order chi connectivity index (χ0) is 15.9. The Labute approximate surface area is 124 Å². The molecule has 1 N–H and O–H groups in total. The van der Waals surface area contributed by atoms with Crippen LogP contribution < -0.4 is 0 Å². The molecule has 1 fully saturated rings. The van der Waals surface area contributed by atoms with Gasteiger partial charge < -0.3 is 9.84 Å². The van der Waals surface area contributed by atoms with Crippen LogP contribution in [-0.2, 0) is 20.2 Å². The van der Waals surface area contributed by atoms with Crippen molar-refractivity contribution in [2.45, 2.75) is 64.8 Å². The number of aliphatic hydroxyl groups is 1. The molecule has 0 aliphatic carbocycles. The van der Waals surface area contributed by atoms with Crippen LogP contribution in [0, 0.1) is 5.92 Å². The SMILES string of the molecule is [B]C1(O)OS(=O)N(C(=O)OC(C)(C)C)C1(C)CC(C)C. The van der Waals surface area contributed by atoms with Gasteiger partial charge in [0, 0.05) is 0 Å². The fourth-order valence-electron chi connectivity index (χ4n) is 2.14. The van der Waals surface area contributed by atoms with Crippen molar-refractivity contribution >= 4 is 25.2 Å². The largest absolute Gasteiger partial charge is 0.443 e. The minimum atomic E-state index is -2.20. The van der Waals surface area contributed by atoms with E-state index < -0.39 is 34.2 Å². The van der Waals surface area contributed by atoms with Crippen molar-refractivity contribution in [3.05, 3.63) is 0 Å². The third-order valence-electron chi connectivity index (χ3n) is 2.93. The first-order valence-corrected chi connectivity index (χ1v) is 7.49. The second kappa shape index (κ2) is 5.31. The van der Waals surface area contributed by atoms with E-state index in [2.05, 4.69) is 0 Å². The zero-order valence-electron chi connectivity index (χ0n) is 12.8. The van der Waals surface area contributed by atoms with Crippen LogP contribution in [0.5, 0.6) is 0 Å². The molecule has 1 aliphatic rings. The highest BCUT2D eigenvalue weighted by Crippen LogP contribution is 2.42. The minimum absolute atomic E-state index is 0.0960. The molecule has 0 spiro atoms. The van der Waals surface area contributed by atoms with Crippen molar-refractivity contribution in [3.63, 3.8) is 0 Å². The summed E-state index contributed by atoms with van der Waals surface area (Å²) in [5.41, 5.74) is -4.29. The van der Waals surface area contributed by atoms with E-state index in [-0.39, 0.29) is 5.92 Å². The maximum absolute atomic E-state index is 12.2. The number of rotatable bonds is 2. The van der Waals surface area contributed by atoms with Crippen molar-refractivity contribution in [1.82, 2.24) is 4.31 Å². The van der Waals surface area contributed by atoms with Crippen molar-refractivity contribution in [2.75, 3.05) is 0 Å². The second-order valence-electron chi connectivity index (χ2n) is 6.64. The lowest BCUT2D eigenvalue weighted by molar-refractivity contribution is -0.113. The highest BCUT2D eigenvalue weighted by molar-refractivity contribution is 7.78. The normalized spacial score (nSPS) is 34.6. The lowest BCUT2D eigenvalue weighted by Gasteiger charge is -2.40. The second-order valence-corrected chi connectivity index (χ2v) is 7.61. The molecule has 0 aromatic heterocycles. The molecule has 1 saturated heterocycles. The molecule has 3 unspecified atom stereocenters. The maximum Gasteiger partial charge on any atom is 0.424 e. The third-order valence-corrected chi connectivity index (χ3v) is 4.18. The maximum atomic E-state index is 12.2. The molecule has 1 amide bonds. The first kappa shape index (κ1) is 17.5. The minimum Gasteiger partial charge on any atom is -0.443 e. The number of carbonyl (C=O) groups excluding carboxylic acids is 1. The predicted octanol–water partition coefficient (Wildman–Crippen LogP) is 1.45. The molecule has 20 heavy (non-hydrogen) atoms. The molecule has 114 valence electrons. The molecule has 0 aromatic rings. The Hall–Kier alpha value is -0.595. The monoisotopic (exact) mass is 303 g/mol. The van der Waals surface area contributed by atoms with E-state index in [1.807, 2.05) is 13.8 Å².